The first-order valence-corrected chi connectivity index (χ1v) is 9.52. The minimum absolute atomic E-state index is 0.0591. The van der Waals surface area contributed by atoms with Crippen molar-refractivity contribution in [2.45, 2.75) is 18.2 Å². The Kier molecular flexibility index (Phi) is 4.49. The van der Waals surface area contributed by atoms with E-state index in [-0.39, 0.29) is 11.3 Å². The number of nitrogens with zero attached hydrogens (tertiary/aromatic N) is 2. The van der Waals surface area contributed by atoms with E-state index in [2.05, 4.69) is 15.4 Å². The first kappa shape index (κ1) is 17.4. The molecule has 0 unspecified atom stereocenters. The number of aromatic hydroxyl groups is 1. The van der Waals surface area contributed by atoms with Crippen molar-refractivity contribution in [2.24, 2.45) is 0 Å². The third-order valence-electron chi connectivity index (χ3n) is 4.38. The maximum absolute atomic E-state index is 12.9. The van der Waals surface area contributed by atoms with E-state index < -0.39 is 6.17 Å². The molecule has 8 heteroatoms. The fourth-order valence-corrected chi connectivity index (χ4v) is 3.76. The van der Waals surface area contributed by atoms with Gasteiger partial charge in [0, 0.05) is 10.7 Å². The predicted octanol–water partition coefficient (Wildman–Crippen LogP) is 2.52. The van der Waals surface area contributed by atoms with Crippen LogP contribution >= 0.6 is 11.8 Å². The SMILES string of the molecule is CCSc1n[n+]2c(c(=O)[nH]1)-c1ccccc1N[C@H]2c1ccc(O)c(OC)c1. The van der Waals surface area contributed by atoms with Crippen LogP contribution in [0.4, 0.5) is 5.69 Å². The number of thioether (sulfide) groups is 1. The number of hydrogen-bond acceptors (Lipinski definition) is 6. The number of ether oxygens (including phenoxy) is 1. The van der Waals surface area contributed by atoms with Gasteiger partial charge in [0.15, 0.2) is 11.5 Å². The van der Waals surface area contributed by atoms with Crippen molar-refractivity contribution in [2.75, 3.05) is 18.2 Å². The Hall–Kier alpha value is -3.00. The normalized spacial score (nSPS) is 14.8. The first-order chi connectivity index (χ1) is 13.1. The number of aromatic amines is 1. The van der Waals surface area contributed by atoms with Gasteiger partial charge in [-0.2, -0.15) is 0 Å². The molecule has 2 heterocycles. The summed E-state index contributed by atoms with van der Waals surface area (Å²) in [5.74, 6) is 1.22. The summed E-state index contributed by atoms with van der Waals surface area (Å²) in [5.41, 5.74) is 2.75. The molecule has 1 aliphatic heterocycles. The number of fused-ring (bicyclic) bond motifs is 3. The van der Waals surface area contributed by atoms with Gasteiger partial charge in [-0.05, 0) is 40.8 Å². The van der Waals surface area contributed by atoms with Gasteiger partial charge >= 0.3 is 11.3 Å². The second-order valence-corrected chi connectivity index (χ2v) is 7.26. The van der Waals surface area contributed by atoms with Gasteiger partial charge in [-0.15, -0.1) is 0 Å². The third-order valence-corrected chi connectivity index (χ3v) is 5.13. The average Bonchev–Trinajstić information content (AvgIpc) is 2.68. The second kappa shape index (κ2) is 6.96. The average molecular weight is 383 g/mol. The zero-order valence-corrected chi connectivity index (χ0v) is 15.7. The topological polar surface area (TPSA) is 91.1 Å². The van der Waals surface area contributed by atoms with Crippen molar-refractivity contribution in [3.8, 4) is 22.8 Å². The Balaban J connectivity index is 1.94. The molecule has 0 bridgehead atoms. The zero-order chi connectivity index (χ0) is 19.0. The minimum atomic E-state index is -0.414. The quantitative estimate of drug-likeness (QED) is 0.474. The van der Waals surface area contributed by atoms with E-state index >= 15 is 0 Å². The van der Waals surface area contributed by atoms with E-state index in [1.165, 1.54) is 18.9 Å². The number of aromatic nitrogens is 3. The van der Waals surface area contributed by atoms with Crippen LogP contribution in [0.2, 0.25) is 0 Å². The van der Waals surface area contributed by atoms with Crippen LogP contribution < -0.4 is 20.3 Å². The van der Waals surface area contributed by atoms with E-state index in [0.29, 0.717) is 16.6 Å². The van der Waals surface area contributed by atoms with Crippen LogP contribution in [0.25, 0.3) is 11.3 Å². The Labute approximate surface area is 160 Å². The van der Waals surface area contributed by atoms with Gasteiger partial charge in [0.1, 0.15) is 0 Å². The molecule has 7 nitrogen and oxygen atoms in total. The van der Waals surface area contributed by atoms with Gasteiger partial charge in [0.2, 0.25) is 5.16 Å². The Morgan fingerprint density at radius 2 is 2.11 bits per heavy atom. The number of nitrogens with one attached hydrogen (secondary N) is 2. The summed E-state index contributed by atoms with van der Waals surface area (Å²) in [7, 11) is 1.50. The standard InChI is InChI=1S/C19H18N4O3S/c1-3-27-19-21-18(25)16-12-6-4-5-7-13(12)20-17(23(16)22-19)11-8-9-14(24)15(10-11)26-2/h4-10,17H,3H2,1-2H3,(H2,21,22,24,25)/p+1/t17-/m1/s1. The summed E-state index contributed by atoms with van der Waals surface area (Å²) in [6.45, 7) is 2.00. The molecule has 1 aromatic heterocycles. The monoisotopic (exact) mass is 383 g/mol. The molecular weight excluding hydrogens is 364 g/mol. The molecule has 1 aliphatic rings. The number of phenols is 1. The largest absolute Gasteiger partial charge is 0.504 e. The van der Waals surface area contributed by atoms with E-state index in [1.807, 2.05) is 31.2 Å². The number of para-hydroxylation sites is 1. The van der Waals surface area contributed by atoms with Crippen LogP contribution in [0.3, 0.4) is 0 Å². The molecule has 0 saturated carbocycles. The summed E-state index contributed by atoms with van der Waals surface area (Å²) in [6, 6.07) is 12.7. The maximum atomic E-state index is 12.9. The summed E-state index contributed by atoms with van der Waals surface area (Å²) in [5, 5.41) is 18.6. The molecule has 27 heavy (non-hydrogen) atoms. The third kappa shape index (κ3) is 3.02. The molecule has 0 saturated heterocycles. The van der Waals surface area contributed by atoms with E-state index in [4.69, 9.17) is 4.74 Å². The zero-order valence-electron chi connectivity index (χ0n) is 14.9. The highest BCUT2D eigenvalue weighted by Gasteiger charge is 2.37. The molecular formula is C19H19N4O3S+. The fourth-order valence-electron chi connectivity index (χ4n) is 3.18. The number of benzene rings is 2. The van der Waals surface area contributed by atoms with E-state index in [1.54, 1.807) is 22.9 Å². The number of rotatable bonds is 4. The van der Waals surface area contributed by atoms with Crippen LogP contribution in [0, 0.1) is 0 Å². The van der Waals surface area contributed by atoms with Crippen LogP contribution in [0.1, 0.15) is 18.7 Å². The van der Waals surface area contributed by atoms with Gasteiger partial charge < -0.3 is 15.2 Å². The number of anilines is 1. The molecule has 0 amide bonds. The highest BCUT2D eigenvalue weighted by atomic mass is 32.2. The van der Waals surface area contributed by atoms with Gasteiger partial charge in [0.05, 0.1) is 18.4 Å². The van der Waals surface area contributed by atoms with Crippen LogP contribution in [0.5, 0.6) is 11.5 Å². The van der Waals surface area contributed by atoms with Crippen molar-refractivity contribution < 1.29 is 14.5 Å². The Morgan fingerprint density at radius 1 is 1.30 bits per heavy atom. The highest BCUT2D eigenvalue weighted by Crippen LogP contribution is 2.34. The van der Waals surface area contributed by atoms with Crippen LogP contribution in [-0.2, 0) is 0 Å². The lowest BCUT2D eigenvalue weighted by Gasteiger charge is -2.22. The smallest absolute Gasteiger partial charge is 0.325 e. The van der Waals surface area contributed by atoms with Crippen LogP contribution in [0.15, 0.2) is 52.4 Å². The Bertz CT molecular complexity index is 1070. The Morgan fingerprint density at radius 3 is 2.89 bits per heavy atom. The minimum Gasteiger partial charge on any atom is -0.504 e. The lowest BCUT2D eigenvalue weighted by Crippen LogP contribution is -2.55. The molecule has 0 fully saturated rings. The number of phenolic OH excluding ortho intramolecular Hbond substituents is 1. The van der Waals surface area contributed by atoms with Gasteiger partial charge in [-0.1, -0.05) is 30.8 Å². The lowest BCUT2D eigenvalue weighted by atomic mass is 10.0. The molecule has 2 aromatic carbocycles. The lowest BCUT2D eigenvalue weighted by molar-refractivity contribution is -0.759. The molecule has 4 rings (SSSR count). The molecule has 0 aliphatic carbocycles. The molecule has 0 radical (unpaired) electrons. The van der Waals surface area contributed by atoms with Crippen LogP contribution in [-0.4, -0.2) is 28.1 Å². The van der Waals surface area contributed by atoms with E-state index in [9.17, 15) is 9.90 Å². The van der Waals surface area contributed by atoms with E-state index in [0.717, 1.165) is 22.6 Å². The van der Waals surface area contributed by atoms with Gasteiger partial charge in [0.25, 0.3) is 6.17 Å². The molecule has 138 valence electrons. The van der Waals surface area contributed by atoms with Crippen molar-refractivity contribution in [3.63, 3.8) is 0 Å². The molecule has 0 spiro atoms. The van der Waals surface area contributed by atoms with Gasteiger partial charge in [-0.25, -0.2) is 0 Å². The number of H-pyrrole nitrogens is 1. The van der Waals surface area contributed by atoms with Crippen molar-refractivity contribution in [1.29, 1.82) is 0 Å². The summed E-state index contributed by atoms with van der Waals surface area (Å²) >= 11 is 1.47. The molecule has 3 aromatic rings. The summed E-state index contributed by atoms with van der Waals surface area (Å²) in [4.78, 5) is 15.7. The first-order valence-electron chi connectivity index (χ1n) is 8.54. The summed E-state index contributed by atoms with van der Waals surface area (Å²) in [6.07, 6.45) is -0.414. The fraction of sp³-hybridized carbons (Fsp3) is 0.211. The van der Waals surface area contributed by atoms with Gasteiger partial charge in [-0.3, -0.25) is 9.78 Å². The predicted molar refractivity (Wildman–Crippen MR) is 103 cm³/mol. The summed E-state index contributed by atoms with van der Waals surface area (Å²) < 4.78 is 6.94. The van der Waals surface area contributed by atoms with Crippen molar-refractivity contribution >= 4 is 17.4 Å². The number of hydrogen-bond donors (Lipinski definition) is 3. The maximum Gasteiger partial charge on any atom is 0.325 e. The number of methoxy groups -OCH3 is 1. The molecule has 1 atom stereocenters. The molecule has 3 N–H and O–H groups in total. The second-order valence-electron chi connectivity index (χ2n) is 6.01. The highest BCUT2D eigenvalue weighted by molar-refractivity contribution is 7.99. The van der Waals surface area contributed by atoms with Crippen molar-refractivity contribution in [3.05, 3.63) is 58.4 Å². The van der Waals surface area contributed by atoms with Crippen molar-refractivity contribution in [1.82, 2.24) is 10.1 Å².